The normalized spacial score (nSPS) is 18.6. The molecular formula is C12H22N2O. The molecule has 0 saturated carbocycles. The number of nitrogens with two attached hydrogens (primary N) is 1. The van der Waals surface area contributed by atoms with Gasteiger partial charge in [0, 0.05) is 25.6 Å². The monoisotopic (exact) mass is 210 g/mol. The molecule has 1 heterocycles. The number of carbonyl (C=O) groups excluding carboxylic acids is 1. The van der Waals surface area contributed by atoms with Crippen LogP contribution < -0.4 is 5.73 Å². The van der Waals surface area contributed by atoms with E-state index in [1.807, 2.05) is 11.8 Å². The van der Waals surface area contributed by atoms with Crippen molar-refractivity contribution in [1.29, 1.82) is 0 Å². The van der Waals surface area contributed by atoms with Gasteiger partial charge in [-0.3, -0.25) is 4.79 Å². The second-order valence-corrected chi connectivity index (χ2v) is 4.51. The van der Waals surface area contributed by atoms with Gasteiger partial charge in [0.2, 0.25) is 5.91 Å². The van der Waals surface area contributed by atoms with Crippen LogP contribution in [0.4, 0.5) is 0 Å². The average Bonchev–Trinajstić information content (AvgIpc) is 2.18. The zero-order valence-electron chi connectivity index (χ0n) is 9.83. The lowest BCUT2D eigenvalue weighted by Gasteiger charge is -2.25. The van der Waals surface area contributed by atoms with Crippen LogP contribution in [0.2, 0.25) is 0 Å². The molecular weight excluding hydrogens is 188 g/mol. The van der Waals surface area contributed by atoms with E-state index >= 15 is 0 Å². The molecule has 1 amide bonds. The van der Waals surface area contributed by atoms with Crippen molar-refractivity contribution in [3.8, 4) is 0 Å². The van der Waals surface area contributed by atoms with Gasteiger partial charge in [0.25, 0.3) is 0 Å². The van der Waals surface area contributed by atoms with Crippen molar-refractivity contribution in [3.05, 3.63) is 11.6 Å². The predicted octanol–water partition coefficient (Wildman–Crippen LogP) is 1.68. The first-order chi connectivity index (χ1) is 7.09. The van der Waals surface area contributed by atoms with Gasteiger partial charge in [-0.05, 0) is 33.1 Å². The van der Waals surface area contributed by atoms with Gasteiger partial charge >= 0.3 is 0 Å². The zero-order chi connectivity index (χ0) is 11.3. The third-order valence-electron chi connectivity index (χ3n) is 2.84. The summed E-state index contributed by atoms with van der Waals surface area (Å²) >= 11 is 0. The Kier molecular flexibility index (Phi) is 4.82. The zero-order valence-corrected chi connectivity index (χ0v) is 9.83. The lowest BCUT2D eigenvalue weighted by Crippen LogP contribution is -2.34. The Bertz CT molecular complexity index is 246. The van der Waals surface area contributed by atoms with Crippen molar-refractivity contribution in [1.82, 2.24) is 4.90 Å². The molecule has 1 rings (SSSR count). The lowest BCUT2D eigenvalue weighted by atomic mass is 10.1. The first-order valence-electron chi connectivity index (χ1n) is 5.78. The third kappa shape index (κ3) is 4.47. The molecule has 0 bridgehead atoms. The topological polar surface area (TPSA) is 46.3 Å². The molecule has 0 aromatic carbocycles. The Morgan fingerprint density at radius 3 is 2.93 bits per heavy atom. The number of hydrogen-bond donors (Lipinski definition) is 1. The van der Waals surface area contributed by atoms with E-state index in [0.29, 0.717) is 6.42 Å². The number of amides is 1. The van der Waals surface area contributed by atoms with E-state index in [1.54, 1.807) is 0 Å². The first-order valence-corrected chi connectivity index (χ1v) is 5.78. The highest BCUT2D eigenvalue weighted by atomic mass is 16.2. The summed E-state index contributed by atoms with van der Waals surface area (Å²) in [4.78, 5) is 13.7. The molecule has 2 N–H and O–H groups in total. The number of rotatable bonds is 4. The van der Waals surface area contributed by atoms with E-state index in [1.165, 1.54) is 5.57 Å². The maximum atomic E-state index is 11.7. The van der Waals surface area contributed by atoms with E-state index < -0.39 is 0 Å². The molecule has 3 heteroatoms. The molecule has 0 saturated heterocycles. The SMILES string of the molecule is CC1=CCN(C(=O)CCCC(C)N)CC1. The van der Waals surface area contributed by atoms with E-state index in [9.17, 15) is 4.79 Å². The Morgan fingerprint density at radius 1 is 1.67 bits per heavy atom. The fourth-order valence-electron chi connectivity index (χ4n) is 1.73. The third-order valence-corrected chi connectivity index (χ3v) is 2.84. The maximum Gasteiger partial charge on any atom is 0.222 e. The van der Waals surface area contributed by atoms with Gasteiger partial charge in [-0.25, -0.2) is 0 Å². The molecule has 0 radical (unpaired) electrons. The average molecular weight is 210 g/mol. The quantitative estimate of drug-likeness (QED) is 0.718. The maximum absolute atomic E-state index is 11.7. The van der Waals surface area contributed by atoms with Gasteiger partial charge in [0.05, 0.1) is 0 Å². The smallest absolute Gasteiger partial charge is 0.222 e. The Morgan fingerprint density at radius 2 is 2.40 bits per heavy atom. The van der Waals surface area contributed by atoms with Crippen LogP contribution in [0.15, 0.2) is 11.6 Å². The van der Waals surface area contributed by atoms with Crippen LogP contribution in [0.3, 0.4) is 0 Å². The van der Waals surface area contributed by atoms with Gasteiger partial charge in [0.15, 0.2) is 0 Å². The van der Waals surface area contributed by atoms with Crippen LogP contribution in [0, 0.1) is 0 Å². The fourth-order valence-corrected chi connectivity index (χ4v) is 1.73. The first kappa shape index (κ1) is 12.2. The highest BCUT2D eigenvalue weighted by Crippen LogP contribution is 2.11. The highest BCUT2D eigenvalue weighted by molar-refractivity contribution is 5.76. The minimum Gasteiger partial charge on any atom is -0.339 e. The lowest BCUT2D eigenvalue weighted by molar-refractivity contribution is -0.131. The van der Waals surface area contributed by atoms with Gasteiger partial charge in [-0.2, -0.15) is 0 Å². The minimum absolute atomic E-state index is 0.210. The number of hydrogen-bond acceptors (Lipinski definition) is 2. The van der Waals surface area contributed by atoms with Crippen molar-refractivity contribution >= 4 is 5.91 Å². The van der Waals surface area contributed by atoms with Gasteiger partial charge in [-0.1, -0.05) is 11.6 Å². The van der Waals surface area contributed by atoms with Crippen LogP contribution in [-0.4, -0.2) is 29.9 Å². The second-order valence-electron chi connectivity index (χ2n) is 4.51. The summed E-state index contributed by atoms with van der Waals surface area (Å²) in [7, 11) is 0. The highest BCUT2D eigenvalue weighted by Gasteiger charge is 2.14. The van der Waals surface area contributed by atoms with E-state index in [2.05, 4.69) is 13.0 Å². The molecule has 1 unspecified atom stereocenters. The summed E-state index contributed by atoms with van der Waals surface area (Å²) in [6.45, 7) is 5.79. The molecule has 86 valence electrons. The molecule has 1 atom stereocenters. The molecule has 1 aliphatic rings. The van der Waals surface area contributed by atoms with Crippen LogP contribution in [0.5, 0.6) is 0 Å². The van der Waals surface area contributed by atoms with Gasteiger partial charge in [0.1, 0.15) is 0 Å². The van der Waals surface area contributed by atoms with Crippen LogP contribution >= 0.6 is 0 Å². The minimum atomic E-state index is 0.210. The number of carbonyl (C=O) groups is 1. The summed E-state index contributed by atoms with van der Waals surface area (Å²) in [6.07, 6.45) is 5.67. The van der Waals surface area contributed by atoms with E-state index in [4.69, 9.17) is 5.73 Å². The van der Waals surface area contributed by atoms with Crippen molar-refractivity contribution < 1.29 is 4.79 Å². The van der Waals surface area contributed by atoms with Crippen LogP contribution in [0.25, 0.3) is 0 Å². The summed E-state index contributed by atoms with van der Waals surface area (Å²) in [6, 6.07) is 0.210. The van der Waals surface area contributed by atoms with Crippen molar-refractivity contribution in [2.45, 2.75) is 45.6 Å². The van der Waals surface area contributed by atoms with E-state index in [0.717, 1.165) is 32.4 Å². The van der Waals surface area contributed by atoms with E-state index in [-0.39, 0.29) is 11.9 Å². The number of nitrogens with zero attached hydrogens (tertiary/aromatic N) is 1. The molecule has 0 aromatic rings. The van der Waals surface area contributed by atoms with Crippen molar-refractivity contribution in [2.75, 3.05) is 13.1 Å². The van der Waals surface area contributed by atoms with Crippen molar-refractivity contribution in [3.63, 3.8) is 0 Å². The standard InChI is InChI=1S/C12H22N2O/c1-10-6-8-14(9-7-10)12(15)5-3-4-11(2)13/h6,11H,3-5,7-9,13H2,1-2H3. The molecule has 15 heavy (non-hydrogen) atoms. The second kappa shape index (κ2) is 5.91. The van der Waals surface area contributed by atoms with Crippen LogP contribution in [0.1, 0.15) is 39.5 Å². The largest absolute Gasteiger partial charge is 0.339 e. The summed E-state index contributed by atoms with van der Waals surface area (Å²) in [5.74, 6) is 0.277. The summed E-state index contributed by atoms with van der Waals surface area (Å²) in [5.41, 5.74) is 7.04. The van der Waals surface area contributed by atoms with Gasteiger partial charge < -0.3 is 10.6 Å². The Labute approximate surface area is 92.3 Å². The van der Waals surface area contributed by atoms with Crippen molar-refractivity contribution in [2.24, 2.45) is 5.73 Å². The molecule has 3 nitrogen and oxygen atoms in total. The Balaban J connectivity index is 2.23. The molecule has 0 spiro atoms. The molecule has 0 aliphatic carbocycles. The molecule has 0 aromatic heterocycles. The summed E-state index contributed by atoms with van der Waals surface area (Å²) < 4.78 is 0. The summed E-state index contributed by atoms with van der Waals surface area (Å²) in [5, 5.41) is 0. The van der Waals surface area contributed by atoms with Crippen LogP contribution in [-0.2, 0) is 4.79 Å². The van der Waals surface area contributed by atoms with Gasteiger partial charge in [-0.15, -0.1) is 0 Å². The molecule has 1 aliphatic heterocycles. The predicted molar refractivity (Wildman–Crippen MR) is 62.5 cm³/mol. The fraction of sp³-hybridized carbons (Fsp3) is 0.750. The Hall–Kier alpha value is -0.830. The molecule has 0 fully saturated rings.